The van der Waals surface area contributed by atoms with Crippen molar-refractivity contribution in [2.45, 2.75) is 44.8 Å². The molecule has 0 spiro atoms. The van der Waals surface area contributed by atoms with Gasteiger partial charge in [0.2, 0.25) is 0 Å². The summed E-state index contributed by atoms with van der Waals surface area (Å²) in [4.78, 5) is 14.9. The molecular weight excluding hydrogens is 360 g/mol. The van der Waals surface area contributed by atoms with Crippen molar-refractivity contribution in [2.24, 2.45) is 0 Å². The number of hydrogen-bond acceptors (Lipinski definition) is 4. The van der Waals surface area contributed by atoms with Crippen molar-refractivity contribution in [1.29, 1.82) is 0 Å². The molecule has 1 N–H and O–H groups in total. The predicted molar refractivity (Wildman–Crippen MR) is 108 cm³/mol. The molecule has 2 aromatic carbocycles. The van der Waals surface area contributed by atoms with E-state index in [2.05, 4.69) is 37.2 Å². The largest absolute Gasteiger partial charge is 0.348 e. The zero-order valence-corrected chi connectivity index (χ0v) is 17.2. The molecule has 0 aliphatic carbocycles. The molecule has 2 aromatic rings. The second-order valence-electron chi connectivity index (χ2n) is 6.89. The molecule has 0 aliphatic rings. The number of nitrogens with one attached hydrogen (secondary N) is 1. The van der Waals surface area contributed by atoms with Crippen LogP contribution in [0.2, 0.25) is 0 Å². The number of nitrogens with zero attached hydrogens (tertiary/aromatic N) is 1. The van der Waals surface area contributed by atoms with Gasteiger partial charge in [-0.05, 0) is 56.3 Å². The van der Waals surface area contributed by atoms with Gasteiger partial charge >= 0.3 is 0 Å². The van der Waals surface area contributed by atoms with Crippen LogP contribution in [0.15, 0.2) is 53.4 Å². The van der Waals surface area contributed by atoms with Crippen LogP contribution in [0.3, 0.4) is 0 Å². The molecule has 146 valence electrons. The van der Waals surface area contributed by atoms with Crippen LogP contribution in [0, 0.1) is 0 Å². The molecule has 0 bridgehead atoms. The van der Waals surface area contributed by atoms with Crippen LogP contribution in [0.4, 0.5) is 0 Å². The van der Waals surface area contributed by atoms with Crippen molar-refractivity contribution in [1.82, 2.24) is 10.2 Å². The molecule has 5 nitrogen and oxygen atoms in total. The van der Waals surface area contributed by atoms with Crippen LogP contribution in [0.25, 0.3) is 0 Å². The topological polar surface area (TPSA) is 66.5 Å². The third-order valence-electron chi connectivity index (χ3n) is 4.71. The molecule has 0 saturated carbocycles. The van der Waals surface area contributed by atoms with Crippen LogP contribution in [-0.4, -0.2) is 38.1 Å². The summed E-state index contributed by atoms with van der Waals surface area (Å²) in [7, 11) is -1.18. The van der Waals surface area contributed by atoms with Gasteiger partial charge in [-0.3, -0.25) is 9.69 Å². The Bertz CT molecular complexity index is 875. The second kappa shape index (κ2) is 9.15. The normalized spacial score (nSPS) is 11.8. The van der Waals surface area contributed by atoms with Gasteiger partial charge in [-0.15, -0.1) is 0 Å². The van der Waals surface area contributed by atoms with E-state index in [1.807, 2.05) is 18.2 Å². The smallest absolute Gasteiger partial charge is 0.251 e. The summed E-state index contributed by atoms with van der Waals surface area (Å²) < 4.78 is 23.7. The van der Waals surface area contributed by atoms with Gasteiger partial charge in [-0.2, -0.15) is 0 Å². The molecule has 6 heteroatoms. The number of carbonyl (C=O) groups is 1. The quantitative estimate of drug-likeness (QED) is 0.754. The summed E-state index contributed by atoms with van der Waals surface area (Å²) in [6.07, 6.45) is 0. The maximum absolute atomic E-state index is 12.4. The SMILES string of the molecule is CCS(=O)(=O)c1ccc(C(=O)NCc2ccccc2CN(C)C(C)C)cc1. The Hall–Kier alpha value is -2.18. The first-order chi connectivity index (χ1) is 12.7. The highest BCUT2D eigenvalue weighted by atomic mass is 32.2. The third-order valence-corrected chi connectivity index (χ3v) is 6.47. The van der Waals surface area contributed by atoms with Crippen LogP contribution in [0.1, 0.15) is 42.3 Å². The van der Waals surface area contributed by atoms with Gasteiger partial charge in [0.05, 0.1) is 10.6 Å². The lowest BCUT2D eigenvalue weighted by atomic mass is 10.1. The van der Waals surface area contributed by atoms with E-state index in [0.717, 1.165) is 12.1 Å². The Labute approximate surface area is 162 Å². The highest BCUT2D eigenvalue weighted by Crippen LogP contribution is 2.14. The number of rotatable bonds is 8. The van der Waals surface area contributed by atoms with Gasteiger partial charge in [-0.1, -0.05) is 31.2 Å². The van der Waals surface area contributed by atoms with Gasteiger partial charge in [0.25, 0.3) is 5.91 Å². The second-order valence-corrected chi connectivity index (χ2v) is 9.17. The standard InChI is InChI=1S/C21H28N2O3S/c1-5-27(25,26)20-12-10-17(11-13-20)21(24)22-14-18-8-6-7-9-19(18)15-23(4)16(2)3/h6-13,16H,5,14-15H2,1-4H3,(H,22,24). The van der Waals surface area contributed by atoms with E-state index in [0.29, 0.717) is 18.2 Å². The first-order valence-corrected chi connectivity index (χ1v) is 10.8. The Kier molecular flexibility index (Phi) is 7.16. The molecule has 0 saturated heterocycles. The van der Waals surface area contributed by atoms with Crippen molar-refractivity contribution in [3.8, 4) is 0 Å². The molecule has 1 amide bonds. The van der Waals surface area contributed by atoms with Gasteiger partial charge in [-0.25, -0.2) is 8.42 Å². The molecule has 0 heterocycles. The van der Waals surface area contributed by atoms with Gasteiger partial charge in [0.1, 0.15) is 0 Å². The molecule has 0 radical (unpaired) electrons. The van der Waals surface area contributed by atoms with E-state index in [9.17, 15) is 13.2 Å². The average molecular weight is 389 g/mol. The summed E-state index contributed by atoms with van der Waals surface area (Å²) in [6, 6.07) is 14.6. The lowest BCUT2D eigenvalue weighted by Crippen LogP contribution is -2.27. The number of sulfone groups is 1. The number of benzene rings is 2. The first-order valence-electron chi connectivity index (χ1n) is 9.12. The highest BCUT2D eigenvalue weighted by Gasteiger charge is 2.13. The van der Waals surface area contributed by atoms with E-state index in [-0.39, 0.29) is 16.6 Å². The highest BCUT2D eigenvalue weighted by molar-refractivity contribution is 7.91. The van der Waals surface area contributed by atoms with E-state index >= 15 is 0 Å². The van der Waals surface area contributed by atoms with Crippen molar-refractivity contribution in [3.63, 3.8) is 0 Å². The van der Waals surface area contributed by atoms with Crippen LogP contribution in [-0.2, 0) is 22.9 Å². The lowest BCUT2D eigenvalue weighted by molar-refractivity contribution is 0.0950. The van der Waals surface area contributed by atoms with E-state index < -0.39 is 9.84 Å². The Morgan fingerprint density at radius 3 is 2.19 bits per heavy atom. The molecular formula is C21H28N2O3S. The molecule has 0 aliphatic heterocycles. The van der Waals surface area contributed by atoms with Crippen molar-refractivity contribution in [2.75, 3.05) is 12.8 Å². The number of amides is 1. The average Bonchev–Trinajstić information content (AvgIpc) is 2.67. The van der Waals surface area contributed by atoms with E-state index in [1.165, 1.54) is 17.7 Å². The predicted octanol–water partition coefficient (Wildman–Crippen LogP) is 3.25. The summed E-state index contributed by atoms with van der Waals surface area (Å²) in [5.74, 6) is -0.178. The van der Waals surface area contributed by atoms with Crippen LogP contribution in [0.5, 0.6) is 0 Å². The molecule has 0 aromatic heterocycles. The summed E-state index contributed by atoms with van der Waals surface area (Å²) in [5.41, 5.74) is 2.70. The summed E-state index contributed by atoms with van der Waals surface area (Å²) in [6.45, 7) is 7.13. The number of carbonyl (C=O) groups excluding carboxylic acids is 1. The van der Waals surface area contributed by atoms with Crippen molar-refractivity contribution in [3.05, 3.63) is 65.2 Å². The summed E-state index contributed by atoms with van der Waals surface area (Å²) >= 11 is 0. The monoisotopic (exact) mass is 388 g/mol. The fourth-order valence-electron chi connectivity index (χ4n) is 2.59. The van der Waals surface area contributed by atoms with Gasteiger partial charge in [0, 0.05) is 24.7 Å². The minimum atomic E-state index is -3.26. The fraction of sp³-hybridized carbons (Fsp3) is 0.381. The van der Waals surface area contributed by atoms with Crippen LogP contribution >= 0.6 is 0 Å². The fourth-order valence-corrected chi connectivity index (χ4v) is 3.48. The minimum Gasteiger partial charge on any atom is -0.348 e. The maximum Gasteiger partial charge on any atom is 0.251 e. The Morgan fingerprint density at radius 1 is 1.04 bits per heavy atom. The minimum absolute atomic E-state index is 0.0418. The Balaban J connectivity index is 2.06. The zero-order chi connectivity index (χ0) is 20.0. The molecule has 2 rings (SSSR count). The Morgan fingerprint density at radius 2 is 1.63 bits per heavy atom. The van der Waals surface area contributed by atoms with E-state index in [1.54, 1.807) is 19.1 Å². The molecule has 0 unspecified atom stereocenters. The van der Waals surface area contributed by atoms with Crippen LogP contribution < -0.4 is 5.32 Å². The molecule has 27 heavy (non-hydrogen) atoms. The third kappa shape index (κ3) is 5.65. The lowest BCUT2D eigenvalue weighted by Gasteiger charge is -2.22. The van der Waals surface area contributed by atoms with Gasteiger partial charge in [0.15, 0.2) is 9.84 Å². The zero-order valence-electron chi connectivity index (χ0n) is 16.4. The number of hydrogen-bond donors (Lipinski definition) is 1. The van der Waals surface area contributed by atoms with Crippen molar-refractivity contribution < 1.29 is 13.2 Å². The first kappa shape index (κ1) is 21.1. The molecule has 0 fully saturated rings. The van der Waals surface area contributed by atoms with E-state index in [4.69, 9.17) is 0 Å². The van der Waals surface area contributed by atoms with Gasteiger partial charge < -0.3 is 5.32 Å². The summed E-state index contributed by atoms with van der Waals surface area (Å²) in [5, 5.41) is 2.92. The van der Waals surface area contributed by atoms with Crippen molar-refractivity contribution >= 4 is 15.7 Å². The maximum atomic E-state index is 12.4. The molecule has 0 atom stereocenters.